The number of nitrogens with zero attached hydrogens (tertiary/aromatic N) is 5. The molecule has 3 aromatic heterocycles. The molecule has 7 nitrogen and oxygen atoms in total. The number of thiophene rings is 1. The van der Waals surface area contributed by atoms with Crippen LogP contribution >= 0.6 is 11.3 Å². The molecule has 23 heavy (non-hydrogen) atoms. The van der Waals surface area contributed by atoms with E-state index < -0.39 is 0 Å². The molecule has 3 aromatic rings. The molecule has 0 saturated carbocycles. The largest absolute Gasteiger partial charge is 0.348 e. The lowest BCUT2D eigenvalue weighted by Crippen LogP contribution is -2.32. The van der Waals surface area contributed by atoms with E-state index in [2.05, 4.69) is 26.8 Å². The van der Waals surface area contributed by atoms with E-state index in [1.165, 1.54) is 4.68 Å². The summed E-state index contributed by atoms with van der Waals surface area (Å²) in [5, 5.41) is 17.1. The summed E-state index contributed by atoms with van der Waals surface area (Å²) < 4.78 is 3.46. The van der Waals surface area contributed by atoms with E-state index in [9.17, 15) is 4.79 Å². The number of carbonyl (C=O) groups is 1. The molecule has 0 unspecified atom stereocenters. The predicted molar refractivity (Wildman–Crippen MR) is 87.5 cm³/mol. The number of amides is 1. The van der Waals surface area contributed by atoms with Crippen LogP contribution in [0.25, 0.3) is 0 Å². The van der Waals surface area contributed by atoms with E-state index >= 15 is 0 Å². The predicted octanol–water partition coefficient (Wildman–Crippen LogP) is 1.71. The maximum Gasteiger partial charge on any atom is 0.273 e. The minimum Gasteiger partial charge on any atom is -0.348 e. The zero-order valence-electron chi connectivity index (χ0n) is 13.2. The van der Waals surface area contributed by atoms with Gasteiger partial charge in [-0.05, 0) is 31.4 Å². The first-order valence-corrected chi connectivity index (χ1v) is 8.13. The molecule has 0 aliphatic heterocycles. The van der Waals surface area contributed by atoms with Gasteiger partial charge in [-0.15, -0.1) is 16.4 Å². The van der Waals surface area contributed by atoms with Crippen LogP contribution in [0, 0.1) is 13.8 Å². The molecule has 1 amide bonds. The first-order valence-electron chi connectivity index (χ1n) is 7.25. The van der Waals surface area contributed by atoms with Gasteiger partial charge in [0.2, 0.25) is 0 Å². The number of carbonyl (C=O) groups excluding carboxylic acids is 1. The van der Waals surface area contributed by atoms with Crippen molar-refractivity contribution in [3.63, 3.8) is 0 Å². The summed E-state index contributed by atoms with van der Waals surface area (Å²) in [6.07, 6.45) is 1.60. The Labute approximate surface area is 137 Å². The molecule has 0 saturated heterocycles. The van der Waals surface area contributed by atoms with Crippen molar-refractivity contribution in [3.05, 3.63) is 51.7 Å². The number of aryl methyl sites for hydroxylation is 3. The Hall–Kier alpha value is -2.48. The highest BCUT2D eigenvalue weighted by Gasteiger charge is 2.20. The van der Waals surface area contributed by atoms with E-state index in [4.69, 9.17) is 0 Å². The van der Waals surface area contributed by atoms with Gasteiger partial charge in [0.25, 0.3) is 5.91 Å². The van der Waals surface area contributed by atoms with Crippen molar-refractivity contribution >= 4 is 17.2 Å². The molecule has 0 aliphatic carbocycles. The normalized spacial score (nSPS) is 12.3. The lowest BCUT2D eigenvalue weighted by Gasteiger charge is -2.18. The highest BCUT2D eigenvalue weighted by Crippen LogP contribution is 2.24. The SMILES string of the molecule is Cc1cc(C)n([C@H](CNC(=O)c2cn(C)nn2)c2cccs2)n1. The van der Waals surface area contributed by atoms with Crippen LogP contribution in [-0.2, 0) is 7.05 Å². The molecule has 1 atom stereocenters. The molecule has 120 valence electrons. The number of nitrogens with one attached hydrogen (secondary N) is 1. The van der Waals surface area contributed by atoms with Crippen LogP contribution in [0.3, 0.4) is 0 Å². The first-order chi connectivity index (χ1) is 11.0. The topological polar surface area (TPSA) is 77.6 Å². The second-order valence-corrected chi connectivity index (χ2v) is 6.37. The van der Waals surface area contributed by atoms with Gasteiger partial charge in [-0.2, -0.15) is 5.10 Å². The van der Waals surface area contributed by atoms with Gasteiger partial charge in [-0.1, -0.05) is 11.3 Å². The van der Waals surface area contributed by atoms with Crippen LogP contribution in [0.5, 0.6) is 0 Å². The molecule has 0 fully saturated rings. The molecule has 3 heterocycles. The van der Waals surface area contributed by atoms with Crippen molar-refractivity contribution in [2.75, 3.05) is 6.54 Å². The van der Waals surface area contributed by atoms with Crippen LogP contribution in [0.4, 0.5) is 0 Å². The van der Waals surface area contributed by atoms with Gasteiger partial charge in [0, 0.05) is 24.2 Å². The van der Waals surface area contributed by atoms with Gasteiger partial charge >= 0.3 is 0 Å². The number of hydrogen-bond donors (Lipinski definition) is 1. The maximum atomic E-state index is 12.2. The van der Waals surface area contributed by atoms with Crippen LogP contribution < -0.4 is 5.32 Å². The lowest BCUT2D eigenvalue weighted by molar-refractivity contribution is 0.0944. The molecule has 0 aliphatic rings. The zero-order chi connectivity index (χ0) is 16.4. The molecule has 0 aromatic carbocycles. The molecular weight excluding hydrogens is 312 g/mol. The maximum absolute atomic E-state index is 12.2. The molecule has 0 spiro atoms. The number of aromatic nitrogens is 5. The summed E-state index contributed by atoms with van der Waals surface area (Å²) in [4.78, 5) is 13.3. The fourth-order valence-corrected chi connectivity index (χ4v) is 3.29. The van der Waals surface area contributed by atoms with Crippen molar-refractivity contribution in [1.82, 2.24) is 30.1 Å². The second-order valence-electron chi connectivity index (χ2n) is 5.39. The smallest absolute Gasteiger partial charge is 0.273 e. The fraction of sp³-hybridized carbons (Fsp3) is 0.333. The Balaban J connectivity index is 1.80. The van der Waals surface area contributed by atoms with Gasteiger partial charge in [0.15, 0.2) is 5.69 Å². The summed E-state index contributed by atoms with van der Waals surface area (Å²) in [7, 11) is 1.73. The van der Waals surface area contributed by atoms with E-state index in [1.807, 2.05) is 36.0 Å². The molecule has 8 heteroatoms. The van der Waals surface area contributed by atoms with Gasteiger partial charge in [-0.25, -0.2) is 0 Å². The summed E-state index contributed by atoms with van der Waals surface area (Å²) in [5.74, 6) is -0.235. The Morgan fingerprint density at radius 1 is 1.43 bits per heavy atom. The van der Waals surface area contributed by atoms with Crippen molar-refractivity contribution in [2.24, 2.45) is 7.05 Å². The minimum absolute atomic E-state index is 0.0377. The summed E-state index contributed by atoms with van der Waals surface area (Å²) >= 11 is 1.65. The molecular formula is C15H18N6OS. The van der Waals surface area contributed by atoms with Crippen LogP contribution in [-0.4, -0.2) is 37.2 Å². The van der Waals surface area contributed by atoms with Crippen molar-refractivity contribution in [3.8, 4) is 0 Å². The van der Waals surface area contributed by atoms with Gasteiger partial charge in [0.05, 0.1) is 11.9 Å². The van der Waals surface area contributed by atoms with Crippen molar-refractivity contribution in [2.45, 2.75) is 19.9 Å². The van der Waals surface area contributed by atoms with Gasteiger partial charge in [-0.3, -0.25) is 14.2 Å². The van der Waals surface area contributed by atoms with E-state index in [1.54, 1.807) is 24.6 Å². The standard InChI is InChI=1S/C15H18N6OS/c1-10-7-11(2)21(18-10)13(14-5-4-6-23-14)8-16-15(22)12-9-20(3)19-17-12/h4-7,9,13H,8H2,1-3H3,(H,16,22)/t13-/m1/s1. The average Bonchev–Trinajstić information content (AvgIpc) is 3.22. The van der Waals surface area contributed by atoms with Gasteiger partial charge < -0.3 is 5.32 Å². The number of rotatable bonds is 5. The Kier molecular flexibility index (Phi) is 4.24. The quantitative estimate of drug-likeness (QED) is 0.772. The highest BCUT2D eigenvalue weighted by molar-refractivity contribution is 7.10. The van der Waals surface area contributed by atoms with Crippen molar-refractivity contribution < 1.29 is 4.79 Å². The van der Waals surface area contributed by atoms with Crippen LogP contribution in [0.15, 0.2) is 29.8 Å². The molecule has 0 radical (unpaired) electrons. The summed E-state index contributed by atoms with van der Waals surface area (Å²) in [6, 6.07) is 6.05. The van der Waals surface area contributed by atoms with Crippen molar-refractivity contribution in [1.29, 1.82) is 0 Å². The van der Waals surface area contributed by atoms with Crippen LogP contribution in [0.1, 0.15) is 32.8 Å². The zero-order valence-corrected chi connectivity index (χ0v) is 14.0. The monoisotopic (exact) mass is 330 g/mol. The van der Waals surface area contributed by atoms with E-state index in [-0.39, 0.29) is 11.9 Å². The number of hydrogen-bond acceptors (Lipinski definition) is 5. The first kappa shape index (κ1) is 15.4. The summed E-state index contributed by atoms with van der Waals surface area (Å²) in [5.41, 5.74) is 2.34. The highest BCUT2D eigenvalue weighted by atomic mass is 32.1. The van der Waals surface area contributed by atoms with E-state index in [0.717, 1.165) is 16.3 Å². The molecule has 3 rings (SSSR count). The Morgan fingerprint density at radius 3 is 2.83 bits per heavy atom. The summed E-state index contributed by atoms with van der Waals surface area (Å²) in [6.45, 7) is 4.43. The van der Waals surface area contributed by atoms with E-state index in [0.29, 0.717) is 12.2 Å². The third-order valence-electron chi connectivity index (χ3n) is 3.50. The fourth-order valence-electron chi connectivity index (χ4n) is 2.48. The average molecular weight is 330 g/mol. The third kappa shape index (κ3) is 3.31. The van der Waals surface area contributed by atoms with Gasteiger partial charge in [0.1, 0.15) is 6.04 Å². The molecule has 0 bridgehead atoms. The molecule has 1 N–H and O–H groups in total. The third-order valence-corrected chi connectivity index (χ3v) is 4.48. The Morgan fingerprint density at radius 2 is 2.26 bits per heavy atom. The Bertz CT molecular complexity index is 804. The van der Waals surface area contributed by atoms with Crippen LogP contribution in [0.2, 0.25) is 0 Å². The lowest BCUT2D eigenvalue weighted by atomic mass is 10.2. The minimum atomic E-state index is -0.235. The second kappa shape index (κ2) is 6.33.